The molecule has 0 bridgehead atoms. The first kappa shape index (κ1) is 33.5. The Hall–Kier alpha value is -3.70. The molecule has 0 aliphatic carbocycles. The van der Waals surface area contributed by atoms with Gasteiger partial charge in [0.05, 0.1) is 0 Å². The summed E-state index contributed by atoms with van der Waals surface area (Å²) in [6.07, 6.45) is -6.64. The van der Waals surface area contributed by atoms with Crippen LogP contribution in [0.4, 0.5) is 22.4 Å². The van der Waals surface area contributed by atoms with E-state index in [2.05, 4.69) is 4.98 Å². The van der Waals surface area contributed by atoms with E-state index in [1.807, 2.05) is 0 Å². The van der Waals surface area contributed by atoms with Crippen LogP contribution in [0.3, 0.4) is 0 Å². The van der Waals surface area contributed by atoms with Crippen molar-refractivity contribution >= 4 is 18.0 Å². The number of nitrogens with zero attached hydrogens (tertiary/aromatic N) is 2. The Kier molecular flexibility index (Phi) is 11.3. The molecule has 0 fully saturated rings. The van der Waals surface area contributed by atoms with E-state index in [9.17, 15) is 31.9 Å². The molecule has 2 rings (SSSR count). The van der Waals surface area contributed by atoms with Gasteiger partial charge in [-0.25, -0.2) is 18.8 Å². The number of benzene rings is 1. The van der Waals surface area contributed by atoms with E-state index < -0.39 is 59.7 Å². The van der Waals surface area contributed by atoms with Gasteiger partial charge < -0.3 is 14.2 Å². The van der Waals surface area contributed by atoms with Crippen molar-refractivity contribution in [2.75, 3.05) is 7.05 Å². The first-order chi connectivity index (χ1) is 18.9. The Labute approximate surface area is 237 Å². The van der Waals surface area contributed by atoms with E-state index in [0.29, 0.717) is 11.1 Å². The van der Waals surface area contributed by atoms with Crippen LogP contribution < -0.4 is 0 Å². The second-order valence-corrected chi connectivity index (χ2v) is 11.1. The molecule has 0 aliphatic heterocycles. The van der Waals surface area contributed by atoms with Crippen molar-refractivity contribution in [3.8, 4) is 0 Å². The number of carbonyl (C=O) groups is 3. The van der Waals surface area contributed by atoms with Crippen LogP contribution in [0.25, 0.3) is 0 Å². The van der Waals surface area contributed by atoms with Crippen LogP contribution in [0.15, 0.2) is 48.7 Å². The third-order valence-electron chi connectivity index (χ3n) is 5.66. The molecule has 0 spiro atoms. The van der Waals surface area contributed by atoms with Gasteiger partial charge in [0.25, 0.3) is 0 Å². The number of amides is 1. The van der Waals surface area contributed by atoms with Gasteiger partial charge >= 0.3 is 24.2 Å². The smallest absolute Gasteiger partial charge is 0.433 e. The highest BCUT2D eigenvalue weighted by atomic mass is 19.4. The second-order valence-electron chi connectivity index (χ2n) is 11.1. The molecule has 8 nitrogen and oxygen atoms in total. The first-order valence-corrected chi connectivity index (χ1v) is 12.9. The number of esters is 2. The van der Waals surface area contributed by atoms with Gasteiger partial charge in [-0.3, -0.25) is 9.88 Å². The molecular weight excluding hydrogens is 548 g/mol. The monoisotopic (exact) mass is 584 g/mol. The lowest BCUT2D eigenvalue weighted by atomic mass is 10.00. The summed E-state index contributed by atoms with van der Waals surface area (Å²) in [5.74, 6) is -1.99. The Morgan fingerprint density at radius 1 is 0.902 bits per heavy atom. The van der Waals surface area contributed by atoms with Gasteiger partial charge in [0.2, 0.25) is 0 Å². The van der Waals surface area contributed by atoms with Crippen molar-refractivity contribution in [2.45, 2.75) is 90.1 Å². The van der Waals surface area contributed by atoms with Gasteiger partial charge in [-0.15, -0.1) is 0 Å². The zero-order valence-electron chi connectivity index (χ0n) is 24.0. The highest BCUT2D eigenvalue weighted by Crippen LogP contribution is 2.28. The fraction of sp³-hybridized carbons (Fsp3) is 0.517. The van der Waals surface area contributed by atoms with Crippen molar-refractivity contribution in [1.29, 1.82) is 0 Å². The molecule has 2 atom stereocenters. The third-order valence-corrected chi connectivity index (χ3v) is 5.66. The number of hydrogen-bond acceptors (Lipinski definition) is 7. The molecule has 0 N–H and O–H groups in total. The predicted octanol–water partition coefficient (Wildman–Crippen LogP) is 6.06. The molecular formula is C29H36F4N2O6. The maximum Gasteiger partial charge on any atom is 0.433 e. The van der Waals surface area contributed by atoms with Gasteiger partial charge in [0.15, 0.2) is 6.10 Å². The van der Waals surface area contributed by atoms with Gasteiger partial charge in [-0.1, -0.05) is 36.4 Å². The van der Waals surface area contributed by atoms with Crippen LogP contribution in [-0.4, -0.2) is 58.4 Å². The normalized spacial score (nSPS) is 13.6. The topological polar surface area (TPSA) is 95.0 Å². The van der Waals surface area contributed by atoms with E-state index in [1.165, 1.54) is 27.0 Å². The first-order valence-electron chi connectivity index (χ1n) is 12.9. The van der Waals surface area contributed by atoms with Gasteiger partial charge in [0.1, 0.15) is 29.6 Å². The van der Waals surface area contributed by atoms with E-state index >= 15 is 0 Å². The molecule has 1 aromatic heterocycles. The van der Waals surface area contributed by atoms with Crippen LogP contribution in [0.1, 0.15) is 64.3 Å². The van der Waals surface area contributed by atoms with Crippen LogP contribution in [0, 0.1) is 0 Å². The summed E-state index contributed by atoms with van der Waals surface area (Å²) in [5, 5.41) is 0. The predicted molar refractivity (Wildman–Crippen MR) is 141 cm³/mol. The summed E-state index contributed by atoms with van der Waals surface area (Å²) in [4.78, 5) is 43.3. The fourth-order valence-electron chi connectivity index (χ4n) is 3.60. The molecule has 0 radical (unpaired) electrons. The minimum atomic E-state index is -4.61. The summed E-state index contributed by atoms with van der Waals surface area (Å²) < 4.78 is 69.4. The molecule has 1 amide bonds. The molecule has 1 aromatic carbocycles. The van der Waals surface area contributed by atoms with Crippen LogP contribution in [-0.2, 0) is 43.0 Å². The third kappa shape index (κ3) is 11.7. The molecule has 41 heavy (non-hydrogen) atoms. The van der Waals surface area contributed by atoms with E-state index in [4.69, 9.17) is 14.2 Å². The maximum absolute atomic E-state index is 14.7. The van der Waals surface area contributed by atoms with Crippen LogP contribution in [0.5, 0.6) is 0 Å². The van der Waals surface area contributed by atoms with Crippen molar-refractivity contribution in [3.63, 3.8) is 0 Å². The number of alkyl halides is 4. The molecule has 226 valence electrons. The van der Waals surface area contributed by atoms with Crippen molar-refractivity contribution in [2.24, 2.45) is 0 Å². The molecule has 0 aliphatic rings. The molecule has 0 saturated heterocycles. The number of aryl methyl sites for hydroxylation is 1. The molecule has 0 saturated carbocycles. The SMILES string of the molecule is CN(C(=O)OC(C)(C)C)[C@@H](CC(C)(C)F)C(=O)O[C@H](CCc1ccc(C(F)(F)F)nc1)C(=O)OCc1ccccc1. The van der Waals surface area contributed by atoms with Gasteiger partial charge in [0, 0.05) is 19.7 Å². The number of aromatic nitrogens is 1. The summed E-state index contributed by atoms with van der Waals surface area (Å²) in [6.45, 7) is 7.19. The number of pyridine rings is 1. The Balaban J connectivity index is 2.26. The van der Waals surface area contributed by atoms with E-state index in [0.717, 1.165) is 17.2 Å². The maximum atomic E-state index is 14.7. The van der Waals surface area contributed by atoms with Crippen molar-refractivity contribution in [1.82, 2.24) is 9.88 Å². The molecule has 2 aromatic rings. The average molecular weight is 585 g/mol. The fourth-order valence-corrected chi connectivity index (χ4v) is 3.60. The number of carbonyl (C=O) groups excluding carboxylic acids is 3. The molecule has 12 heteroatoms. The standard InChI is InChI=1S/C29H36F4N2O6/c1-27(2,3)41-26(38)35(6)21(16-28(4,5)30)24(36)40-22(25(37)39-18-20-10-8-7-9-11-20)14-12-19-13-15-23(34-17-19)29(31,32)33/h7-11,13,15,17,21-22H,12,14,16,18H2,1-6H3/t21-,22+/m0/s1. The van der Waals surface area contributed by atoms with Crippen LogP contribution in [0.2, 0.25) is 0 Å². The lowest BCUT2D eigenvalue weighted by molar-refractivity contribution is -0.172. The number of ether oxygens (including phenoxy) is 3. The van der Waals surface area contributed by atoms with Crippen LogP contribution >= 0.6 is 0 Å². The Bertz CT molecular complexity index is 1160. The highest BCUT2D eigenvalue weighted by molar-refractivity contribution is 5.84. The van der Waals surface area contributed by atoms with E-state index in [-0.39, 0.29) is 19.4 Å². The highest BCUT2D eigenvalue weighted by Gasteiger charge is 2.38. The van der Waals surface area contributed by atoms with Gasteiger partial charge in [-0.2, -0.15) is 13.2 Å². The van der Waals surface area contributed by atoms with Gasteiger partial charge in [-0.05, 0) is 64.7 Å². The zero-order chi connectivity index (χ0) is 31.0. The zero-order valence-corrected chi connectivity index (χ0v) is 24.0. The molecule has 1 heterocycles. The Morgan fingerprint density at radius 3 is 2.05 bits per heavy atom. The Morgan fingerprint density at radius 2 is 1.54 bits per heavy atom. The quantitative estimate of drug-likeness (QED) is 0.180. The second kappa shape index (κ2) is 13.8. The average Bonchev–Trinajstić information content (AvgIpc) is 2.86. The molecule has 0 unspecified atom stereocenters. The number of likely N-dealkylation sites (N-methyl/N-ethyl adjacent to an activating group) is 1. The largest absolute Gasteiger partial charge is 0.458 e. The summed E-state index contributed by atoms with van der Waals surface area (Å²) in [7, 11) is 1.25. The summed E-state index contributed by atoms with van der Waals surface area (Å²) >= 11 is 0. The summed E-state index contributed by atoms with van der Waals surface area (Å²) in [5.41, 5.74) is -2.87. The number of halogens is 4. The lowest BCUT2D eigenvalue weighted by Gasteiger charge is -2.32. The minimum Gasteiger partial charge on any atom is -0.458 e. The summed E-state index contributed by atoms with van der Waals surface area (Å²) in [6, 6.07) is 9.26. The van der Waals surface area contributed by atoms with Crippen molar-refractivity contribution < 1.29 is 46.2 Å². The lowest BCUT2D eigenvalue weighted by Crippen LogP contribution is -2.49. The number of hydrogen-bond donors (Lipinski definition) is 0. The minimum absolute atomic E-state index is 0.00466. The number of rotatable bonds is 11. The van der Waals surface area contributed by atoms with E-state index in [1.54, 1.807) is 51.1 Å². The van der Waals surface area contributed by atoms with Crippen molar-refractivity contribution in [3.05, 3.63) is 65.5 Å².